The molecule has 3 aromatic heterocycles. The van der Waals surface area contributed by atoms with Crippen LogP contribution in [0.5, 0.6) is 11.5 Å². The number of aromatic nitrogens is 6. The highest BCUT2D eigenvalue weighted by molar-refractivity contribution is 6.63. The number of hydrogen-bond donors (Lipinski definition) is 2. The molecule has 1 atom stereocenters. The number of hydrogen-bond acceptors (Lipinski definition) is 5. The van der Waals surface area contributed by atoms with Gasteiger partial charge in [-0.1, -0.05) is 60.7 Å². The lowest BCUT2D eigenvalue weighted by Crippen LogP contribution is -2.46. The van der Waals surface area contributed by atoms with E-state index in [1.54, 1.807) is 0 Å². The number of benzene rings is 2. The summed E-state index contributed by atoms with van der Waals surface area (Å²) in [4.78, 5) is 0. The van der Waals surface area contributed by atoms with Crippen LogP contribution in [0.2, 0.25) is 0 Å². The molecule has 0 saturated carbocycles. The molecule has 0 radical (unpaired) electrons. The van der Waals surface area contributed by atoms with Crippen molar-refractivity contribution in [1.82, 2.24) is 30.2 Å². The molecule has 2 aromatic carbocycles. The Morgan fingerprint density at radius 1 is 0.732 bits per heavy atom. The van der Waals surface area contributed by atoms with Gasteiger partial charge >= 0.3 is 7.12 Å². The van der Waals surface area contributed by atoms with E-state index in [2.05, 4.69) is 99.6 Å². The first-order valence-corrected chi connectivity index (χ1v) is 14.2. The van der Waals surface area contributed by atoms with E-state index in [0.717, 1.165) is 58.9 Å². The maximum absolute atomic E-state index is 6.61. The van der Waals surface area contributed by atoms with Gasteiger partial charge in [-0.05, 0) is 78.9 Å². The summed E-state index contributed by atoms with van der Waals surface area (Å²) in [7, 11) is -0.746. The number of rotatable bonds is 11. The summed E-state index contributed by atoms with van der Waals surface area (Å²) in [6.07, 6.45) is 2.70. The Hall–Kier alpha value is -4.27. The monoisotopic (exact) mass is 550 g/mol. The van der Waals surface area contributed by atoms with Crippen LogP contribution in [0.25, 0.3) is 0 Å². The van der Waals surface area contributed by atoms with Gasteiger partial charge in [0.1, 0.15) is 11.5 Å². The van der Waals surface area contributed by atoms with E-state index in [1.165, 1.54) is 11.1 Å². The van der Waals surface area contributed by atoms with Gasteiger partial charge in [-0.15, -0.1) is 0 Å². The van der Waals surface area contributed by atoms with Crippen LogP contribution < -0.4 is 14.8 Å². The molecule has 3 heterocycles. The zero-order chi connectivity index (χ0) is 29.1. The molecule has 0 bridgehead atoms. The molecule has 5 rings (SSSR count). The van der Waals surface area contributed by atoms with Crippen LogP contribution in [-0.2, 0) is 18.4 Å². The van der Waals surface area contributed by atoms with Crippen LogP contribution in [-0.4, -0.2) is 37.3 Å². The van der Waals surface area contributed by atoms with Gasteiger partial charge in [0, 0.05) is 5.69 Å². The van der Waals surface area contributed by atoms with Crippen LogP contribution in [0.3, 0.4) is 0 Å². The van der Waals surface area contributed by atoms with Gasteiger partial charge in [0.25, 0.3) is 0 Å². The second kappa shape index (κ2) is 11.7. The van der Waals surface area contributed by atoms with E-state index in [9.17, 15) is 0 Å². The van der Waals surface area contributed by atoms with E-state index in [1.807, 2.05) is 34.6 Å². The zero-order valence-corrected chi connectivity index (χ0v) is 25.1. The molecule has 0 aliphatic carbocycles. The minimum Gasteiger partial charge on any atom is -0.519 e. The van der Waals surface area contributed by atoms with Crippen LogP contribution in [0, 0.1) is 41.5 Å². The first kappa shape index (κ1) is 28.3. The summed E-state index contributed by atoms with van der Waals surface area (Å²) in [6, 6.07) is 21.3. The smallest absolute Gasteiger partial charge is 0.519 e. The van der Waals surface area contributed by atoms with Gasteiger partial charge in [-0.25, -0.2) is 0 Å². The normalized spacial score (nSPS) is 12.8. The molecular weight excluding hydrogens is 511 g/mol. The predicted octanol–water partition coefficient (Wildman–Crippen LogP) is 5.62. The van der Waals surface area contributed by atoms with Crippen LogP contribution in [0.4, 0.5) is 0 Å². The SMILES string of the molecule is Cc1n[nH]c(C)c1OB(Oc1c(C)n[nH]c1C)c1c(C)nn(C(C)(CCc2ccccc2)Cc2ccccc2)c1C. The van der Waals surface area contributed by atoms with Crippen molar-refractivity contribution in [2.45, 2.75) is 73.3 Å². The Bertz CT molecular complexity index is 1520. The first-order valence-electron chi connectivity index (χ1n) is 14.2. The van der Waals surface area contributed by atoms with Crippen LogP contribution in [0.1, 0.15) is 58.6 Å². The molecule has 2 N–H and O–H groups in total. The molecule has 0 saturated heterocycles. The summed E-state index contributed by atoms with van der Waals surface area (Å²) >= 11 is 0. The highest BCUT2D eigenvalue weighted by atomic mass is 16.6. The van der Waals surface area contributed by atoms with Gasteiger partial charge in [0.05, 0.1) is 39.5 Å². The van der Waals surface area contributed by atoms with Gasteiger partial charge in [0.2, 0.25) is 0 Å². The largest absolute Gasteiger partial charge is 0.636 e. The quantitative estimate of drug-likeness (QED) is 0.208. The number of aromatic amines is 2. The third-order valence-electron chi connectivity index (χ3n) is 7.89. The third-order valence-corrected chi connectivity index (χ3v) is 7.89. The van der Waals surface area contributed by atoms with Crippen molar-refractivity contribution in [2.75, 3.05) is 0 Å². The maximum Gasteiger partial charge on any atom is 0.636 e. The van der Waals surface area contributed by atoms with Crippen molar-refractivity contribution < 1.29 is 9.31 Å². The fraction of sp³-hybridized carbons (Fsp3) is 0.344. The highest BCUT2D eigenvalue weighted by Crippen LogP contribution is 2.30. The summed E-state index contributed by atoms with van der Waals surface area (Å²) in [5, 5.41) is 19.9. The van der Waals surface area contributed by atoms with Gasteiger partial charge in [-0.2, -0.15) is 15.3 Å². The Morgan fingerprint density at radius 2 is 1.24 bits per heavy atom. The third kappa shape index (κ3) is 5.94. The van der Waals surface area contributed by atoms with E-state index in [4.69, 9.17) is 14.4 Å². The predicted molar refractivity (Wildman–Crippen MR) is 163 cm³/mol. The average Bonchev–Trinajstić information content (AvgIpc) is 3.57. The van der Waals surface area contributed by atoms with Crippen molar-refractivity contribution in [2.24, 2.45) is 0 Å². The summed E-state index contributed by atoms with van der Waals surface area (Å²) in [5.74, 6) is 1.35. The van der Waals surface area contributed by atoms with Crippen molar-refractivity contribution >= 4 is 12.6 Å². The molecule has 0 fully saturated rings. The maximum atomic E-state index is 6.61. The lowest BCUT2D eigenvalue weighted by molar-refractivity contribution is 0.256. The zero-order valence-electron chi connectivity index (χ0n) is 25.1. The number of nitrogens with zero attached hydrogens (tertiary/aromatic N) is 4. The fourth-order valence-corrected chi connectivity index (χ4v) is 5.67. The number of aryl methyl sites for hydroxylation is 6. The molecule has 5 aromatic rings. The van der Waals surface area contributed by atoms with Crippen LogP contribution in [0.15, 0.2) is 60.7 Å². The van der Waals surface area contributed by atoms with E-state index >= 15 is 0 Å². The molecule has 1 unspecified atom stereocenters. The summed E-state index contributed by atoms with van der Waals surface area (Å²) in [6.45, 7) is 14.2. The Kier molecular flexibility index (Phi) is 8.06. The second-order valence-corrected chi connectivity index (χ2v) is 11.2. The van der Waals surface area contributed by atoms with E-state index in [0.29, 0.717) is 11.5 Å². The lowest BCUT2D eigenvalue weighted by atomic mass is 9.76. The van der Waals surface area contributed by atoms with Crippen molar-refractivity contribution in [1.29, 1.82) is 0 Å². The van der Waals surface area contributed by atoms with Crippen molar-refractivity contribution in [3.05, 3.63) is 106 Å². The van der Waals surface area contributed by atoms with Crippen LogP contribution >= 0.6 is 0 Å². The van der Waals surface area contributed by atoms with Gasteiger partial charge in [0.15, 0.2) is 0 Å². The molecule has 212 valence electrons. The van der Waals surface area contributed by atoms with Gasteiger partial charge in [-0.3, -0.25) is 14.9 Å². The van der Waals surface area contributed by atoms with Crippen molar-refractivity contribution in [3.63, 3.8) is 0 Å². The fourth-order valence-electron chi connectivity index (χ4n) is 5.67. The topological polar surface area (TPSA) is 93.6 Å². The second-order valence-electron chi connectivity index (χ2n) is 11.2. The molecular formula is C32H39BN6O2. The minimum atomic E-state index is -0.746. The lowest BCUT2D eigenvalue weighted by Gasteiger charge is -2.32. The number of nitrogens with one attached hydrogen (secondary N) is 2. The molecule has 0 amide bonds. The molecule has 0 aliphatic rings. The van der Waals surface area contributed by atoms with E-state index in [-0.39, 0.29) is 5.54 Å². The highest BCUT2D eigenvalue weighted by Gasteiger charge is 2.39. The minimum absolute atomic E-state index is 0.294. The molecule has 41 heavy (non-hydrogen) atoms. The Balaban J connectivity index is 1.57. The summed E-state index contributed by atoms with van der Waals surface area (Å²) < 4.78 is 15.4. The standard InChI is InChI=1S/C32H39BN6O2/c1-21-29(33(40-30-22(2)34-35-23(30)3)41-31-24(4)36-37-25(31)5)26(6)39(38-21)32(7,20-28-16-12-9-13-17-28)19-18-27-14-10-8-11-15-27/h8-17H,18-20H2,1-7H3,(H,34,35)(H,36,37). The van der Waals surface area contributed by atoms with Gasteiger partial charge < -0.3 is 9.31 Å². The van der Waals surface area contributed by atoms with E-state index < -0.39 is 7.12 Å². The van der Waals surface area contributed by atoms with Crippen molar-refractivity contribution in [3.8, 4) is 11.5 Å². The average molecular weight is 551 g/mol. The molecule has 0 spiro atoms. The first-order chi connectivity index (χ1) is 19.7. The Morgan fingerprint density at radius 3 is 1.73 bits per heavy atom. The summed E-state index contributed by atoms with van der Waals surface area (Å²) in [5.41, 5.74) is 8.31. The number of H-pyrrole nitrogens is 2. The molecule has 8 nitrogen and oxygen atoms in total. The Labute approximate surface area is 242 Å². The molecule has 0 aliphatic heterocycles. The molecule has 9 heteroatoms.